The highest BCUT2D eigenvalue weighted by molar-refractivity contribution is 7.67. The molecule has 62 valence electrons. The summed E-state index contributed by atoms with van der Waals surface area (Å²) in [5.74, 6) is 0. The summed E-state index contributed by atoms with van der Waals surface area (Å²) in [5.41, 5.74) is 14.3. The standard InChI is InChI=1S/CH10N4O3P2/c1-5-10(4,7)8-9(2,3)6/h1H3,(H4,2,3,6)(H3,4,5,7). The maximum Gasteiger partial charge on any atom is 0.345 e. The normalized spacial score (nSPS) is 18.4. The molecule has 9 heteroatoms. The van der Waals surface area contributed by atoms with Crippen molar-refractivity contribution in [2.24, 2.45) is 16.5 Å². The molecule has 0 aliphatic heterocycles. The van der Waals surface area contributed by atoms with E-state index in [1.165, 1.54) is 7.05 Å². The molecule has 0 heterocycles. The molecule has 1 unspecified atom stereocenters. The first-order chi connectivity index (χ1) is 4.27. The Labute approximate surface area is 58.4 Å². The number of nitrogens with one attached hydrogen (secondary N) is 1. The van der Waals surface area contributed by atoms with Gasteiger partial charge in [-0.15, -0.1) is 0 Å². The van der Waals surface area contributed by atoms with Gasteiger partial charge >= 0.3 is 15.3 Å². The molecular formula is CH10N4O3P2. The van der Waals surface area contributed by atoms with Crippen molar-refractivity contribution in [3.05, 3.63) is 0 Å². The smallest absolute Gasteiger partial charge is 0.256 e. The van der Waals surface area contributed by atoms with Crippen LogP contribution in [0.25, 0.3) is 0 Å². The first-order valence-corrected chi connectivity index (χ1v) is 5.69. The first-order valence-electron chi connectivity index (χ1n) is 2.23. The minimum absolute atomic E-state index is 1.27. The number of hydrogen-bond acceptors (Lipinski definition) is 3. The fourth-order valence-corrected chi connectivity index (χ4v) is 2.07. The molecule has 0 saturated heterocycles. The minimum atomic E-state index is -3.75. The summed E-state index contributed by atoms with van der Waals surface area (Å²) in [4.78, 5) is 0. The van der Waals surface area contributed by atoms with Crippen LogP contribution in [0.4, 0.5) is 0 Å². The molecule has 0 bridgehead atoms. The highest BCUT2D eigenvalue weighted by Crippen LogP contribution is 2.46. The molecule has 0 radical (unpaired) electrons. The van der Waals surface area contributed by atoms with E-state index in [-0.39, 0.29) is 0 Å². The third-order valence-corrected chi connectivity index (χ3v) is 3.18. The molecule has 0 saturated carbocycles. The van der Waals surface area contributed by atoms with E-state index >= 15 is 0 Å². The highest BCUT2D eigenvalue weighted by Gasteiger charge is 2.23. The van der Waals surface area contributed by atoms with Crippen molar-refractivity contribution in [1.29, 1.82) is 0 Å². The van der Waals surface area contributed by atoms with Gasteiger partial charge in [0, 0.05) is 0 Å². The summed E-state index contributed by atoms with van der Waals surface area (Å²) in [6, 6.07) is 0. The van der Waals surface area contributed by atoms with Gasteiger partial charge in [0.05, 0.1) is 0 Å². The lowest BCUT2D eigenvalue weighted by atomic mass is 11.6. The summed E-state index contributed by atoms with van der Waals surface area (Å²) in [6.45, 7) is 0. The molecule has 0 aliphatic carbocycles. The number of nitrogens with two attached hydrogens (primary N) is 3. The van der Waals surface area contributed by atoms with E-state index in [0.29, 0.717) is 0 Å². The van der Waals surface area contributed by atoms with Gasteiger partial charge in [-0.1, -0.05) is 0 Å². The molecule has 1 atom stereocenters. The Morgan fingerprint density at radius 3 is 1.80 bits per heavy atom. The van der Waals surface area contributed by atoms with Gasteiger partial charge in [0.15, 0.2) is 0 Å². The van der Waals surface area contributed by atoms with Crippen molar-refractivity contribution in [2.45, 2.75) is 0 Å². The Balaban J connectivity index is 4.17. The largest absolute Gasteiger partial charge is 0.345 e. The van der Waals surface area contributed by atoms with Crippen LogP contribution >= 0.6 is 15.3 Å². The van der Waals surface area contributed by atoms with Crippen molar-refractivity contribution in [2.75, 3.05) is 7.05 Å². The van der Waals surface area contributed by atoms with Crippen LogP contribution < -0.4 is 21.6 Å². The van der Waals surface area contributed by atoms with Crippen LogP contribution in [-0.2, 0) is 13.4 Å². The maximum atomic E-state index is 10.7. The zero-order chi connectivity index (χ0) is 8.41. The van der Waals surface area contributed by atoms with Gasteiger partial charge < -0.3 is 0 Å². The average Bonchev–Trinajstić information content (AvgIpc) is 1.60. The summed E-state index contributed by atoms with van der Waals surface area (Å²) in [6.07, 6.45) is 0. The van der Waals surface area contributed by atoms with E-state index in [9.17, 15) is 9.13 Å². The van der Waals surface area contributed by atoms with E-state index in [1.807, 2.05) is 0 Å². The maximum absolute atomic E-state index is 10.7. The molecule has 0 fully saturated rings. The lowest BCUT2D eigenvalue weighted by Gasteiger charge is -2.13. The molecule has 0 aliphatic rings. The Hall–Kier alpha value is 0.260. The summed E-state index contributed by atoms with van der Waals surface area (Å²) in [7, 11) is -6.04. The molecule has 0 spiro atoms. The number of hydrogen-bond donors (Lipinski definition) is 4. The lowest BCUT2D eigenvalue weighted by molar-refractivity contribution is 0.452. The Morgan fingerprint density at radius 1 is 1.30 bits per heavy atom. The molecule has 10 heavy (non-hydrogen) atoms. The van der Waals surface area contributed by atoms with Crippen molar-refractivity contribution in [3.8, 4) is 0 Å². The molecule has 7 N–H and O–H groups in total. The van der Waals surface area contributed by atoms with Crippen molar-refractivity contribution in [1.82, 2.24) is 5.09 Å². The molecule has 7 nitrogen and oxygen atoms in total. The SMILES string of the molecule is CNP(N)(=O)OP(N)(N)=O. The molecule has 0 rings (SSSR count). The van der Waals surface area contributed by atoms with Crippen LogP contribution in [0.2, 0.25) is 0 Å². The van der Waals surface area contributed by atoms with Gasteiger partial charge in [-0.3, -0.25) is 9.13 Å². The van der Waals surface area contributed by atoms with Crippen LogP contribution in [0.5, 0.6) is 0 Å². The summed E-state index contributed by atoms with van der Waals surface area (Å²) < 4.78 is 25.2. The predicted molar refractivity (Wildman–Crippen MR) is 37.9 cm³/mol. The van der Waals surface area contributed by atoms with Gasteiger partial charge in [-0.05, 0) is 7.05 Å². The van der Waals surface area contributed by atoms with Gasteiger partial charge in [-0.2, -0.15) is 0 Å². The zero-order valence-electron chi connectivity index (χ0n) is 5.35. The lowest BCUT2D eigenvalue weighted by Crippen LogP contribution is -2.17. The highest BCUT2D eigenvalue weighted by atomic mass is 31.3. The van der Waals surface area contributed by atoms with E-state index in [1.54, 1.807) is 0 Å². The monoisotopic (exact) mass is 188 g/mol. The van der Waals surface area contributed by atoms with E-state index in [2.05, 4.69) is 9.40 Å². The van der Waals surface area contributed by atoms with Gasteiger partial charge in [-0.25, -0.2) is 25.9 Å². The quantitative estimate of drug-likeness (QED) is 0.431. The first kappa shape index (κ1) is 10.3. The van der Waals surface area contributed by atoms with Gasteiger partial charge in [0.2, 0.25) is 0 Å². The molecule has 0 aromatic carbocycles. The van der Waals surface area contributed by atoms with Crippen molar-refractivity contribution in [3.63, 3.8) is 0 Å². The topological polar surface area (TPSA) is 133 Å². The van der Waals surface area contributed by atoms with Crippen LogP contribution in [0, 0.1) is 0 Å². The Kier molecular flexibility index (Phi) is 3.19. The molecule has 0 aromatic heterocycles. The zero-order valence-corrected chi connectivity index (χ0v) is 7.14. The van der Waals surface area contributed by atoms with E-state index in [0.717, 1.165) is 0 Å². The second-order valence-electron chi connectivity index (χ2n) is 1.55. The Bertz CT molecular complexity index is 197. The third-order valence-electron chi connectivity index (χ3n) is 0.561. The van der Waals surface area contributed by atoms with Crippen LogP contribution in [0.15, 0.2) is 0 Å². The summed E-state index contributed by atoms with van der Waals surface area (Å²) >= 11 is 0. The van der Waals surface area contributed by atoms with Crippen LogP contribution in [-0.4, -0.2) is 7.05 Å². The fourth-order valence-electron chi connectivity index (χ4n) is 0.230. The average molecular weight is 188 g/mol. The van der Waals surface area contributed by atoms with E-state index < -0.39 is 15.3 Å². The van der Waals surface area contributed by atoms with Gasteiger partial charge in [0.1, 0.15) is 0 Å². The fraction of sp³-hybridized carbons (Fsp3) is 1.00. The summed E-state index contributed by atoms with van der Waals surface area (Å²) in [5, 5.41) is 2.08. The second kappa shape index (κ2) is 3.11. The van der Waals surface area contributed by atoms with Crippen molar-refractivity contribution >= 4 is 15.3 Å². The van der Waals surface area contributed by atoms with E-state index in [4.69, 9.17) is 16.5 Å². The Morgan fingerprint density at radius 2 is 1.70 bits per heavy atom. The second-order valence-corrected chi connectivity index (χ2v) is 5.13. The van der Waals surface area contributed by atoms with Crippen molar-refractivity contribution < 1.29 is 13.4 Å². The van der Waals surface area contributed by atoms with Crippen LogP contribution in [0.1, 0.15) is 0 Å². The van der Waals surface area contributed by atoms with Gasteiger partial charge in [0.25, 0.3) is 0 Å². The molecule has 0 aromatic rings. The molecule has 0 amide bonds. The predicted octanol–water partition coefficient (Wildman–Crippen LogP) is -0.685. The minimum Gasteiger partial charge on any atom is -0.256 e. The molecular weight excluding hydrogens is 178 g/mol. The third kappa shape index (κ3) is 5.08. The van der Waals surface area contributed by atoms with Crippen LogP contribution in [0.3, 0.4) is 0 Å². The number of rotatable bonds is 3.